The zero-order valence-electron chi connectivity index (χ0n) is 25.9. The fourth-order valence-corrected chi connectivity index (χ4v) is 5.51. The number of fused-ring (bicyclic) bond motifs is 3. The second kappa shape index (κ2) is 14.2. The van der Waals surface area contributed by atoms with Gasteiger partial charge in [-0.25, -0.2) is 9.78 Å². The molecular weight excluding hydrogens is 579 g/mol. The van der Waals surface area contributed by atoms with E-state index in [2.05, 4.69) is 15.6 Å². The summed E-state index contributed by atoms with van der Waals surface area (Å²) in [6.45, 7) is 4.63. The third kappa shape index (κ3) is 6.73. The SMILES string of the molecule is CCC[C@@H](Oc1cccc2c1c1ccccc1n2Cc1ccc(OCc2nc(-c3ccccc3)oc2C)c(OC)c1)C(=O)O.[Na+]. The molecule has 2 heterocycles. The molecule has 0 saturated carbocycles. The molecule has 0 aliphatic carbocycles. The maximum Gasteiger partial charge on any atom is 1.00 e. The molecule has 0 unspecified atom stereocenters. The molecule has 2 aromatic heterocycles. The summed E-state index contributed by atoms with van der Waals surface area (Å²) in [5.74, 6) is 2.09. The van der Waals surface area contributed by atoms with Crippen LogP contribution in [-0.4, -0.2) is 33.8 Å². The number of rotatable bonds is 12. The normalized spacial score (nSPS) is 11.7. The number of hydrogen-bond acceptors (Lipinski definition) is 6. The zero-order chi connectivity index (χ0) is 30.6. The Bertz CT molecular complexity index is 1930. The number of carboxylic acid groups (broad SMARTS) is 1. The van der Waals surface area contributed by atoms with Crippen LogP contribution in [-0.2, 0) is 17.9 Å². The monoisotopic (exact) mass is 613 g/mol. The number of carboxylic acids is 1. The van der Waals surface area contributed by atoms with E-state index < -0.39 is 12.1 Å². The first-order valence-electron chi connectivity index (χ1n) is 14.7. The van der Waals surface area contributed by atoms with Gasteiger partial charge in [-0.1, -0.05) is 61.9 Å². The number of hydrogen-bond donors (Lipinski definition) is 1. The molecule has 0 spiro atoms. The van der Waals surface area contributed by atoms with Crippen LogP contribution in [0.1, 0.15) is 36.8 Å². The Morgan fingerprint density at radius 1 is 0.933 bits per heavy atom. The van der Waals surface area contributed by atoms with Gasteiger partial charge in [-0.3, -0.25) is 0 Å². The van der Waals surface area contributed by atoms with E-state index >= 15 is 0 Å². The van der Waals surface area contributed by atoms with Gasteiger partial charge in [-0.15, -0.1) is 0 Å². The molecule has 8 nitrogen and oxygen atoms in total. The number of para-hydroxylation sites is 1. The number of oxazole rings is 1. The quantitative estimate of drug-likeness (QED) is 0.194. The first kappa shape index (κ1) is 32.2. The molecule has 45 heavy (non-hydrogen) atoms. The van der Waals surface area contributed by atoms with Gasteiger partial charge in [0.1, 0.15) is 23.8 Å². The summed E-state index contributed by atoms with van der Waals surface area (Å²) >= 11 is 0. The van der Waals surface area contributed by atoms with Crippen LogP contribution < -0.4 is 43.8 Å². The van der Waals surface area contributed by atoms with Crippen molar-refractivity contribution in [2.75, 3.05) is 7.11 Å². The molecular formula is C36H34N2NaO6+. The van der Waals surface area contributed by atoms with Gasteiger partial charge >= 0.3 is 35.5 Å². The predicted octanol–water partition coefficient (Wildman–Crippen LogP) is 5.03. The van der Waals surface area contributed by atoms with Gasteiger partial charge in [-0.05, 0) is 61.4 Å². The smallest absolute Gasteiger partial charge is 0.493 e. The standard InChI is InChI=1S/C36H34N2O6.Na/c1-4-11-32(36(39)40)44-31-17-10-16-29-34(31)26-14-8-9-15-28(26)38(29)21-24-18-19-30(33(20-24)41-3)42-22-27-23(2)43-35(37-27)25-12-6-5-7-13-25;/h5-10,12-20,32H,4,11,21-22H2,1-3H3,(H,39,40);/q;+1/t32-;/m1./s1. The van der Waals surface area contributed by atoms with Crippen molar-refractivity contribution in [2.24, 2.45) is 0 Å². The Kier molecular flexibility index (Phi) is 10.2. The molecule has 0 amide bonds. The third-order valence-electron chi connectivity index (χ3n) is 7.70. The second-order valence-electron chi connectivity index (χ2n) is 10.6. The van der Waals surface area contributed by atoms with Crippen molar-refractivity contribution in [3.05, 3.63) is 108 Å². The van der Waals surface area contributed by atoms with Crippen LogP contribution in [0.4, 0.5) is 0 Å². The van der Waals surface area contributed by atoms with Crippen LogP contribution in [0, 0.1) is 6.92 Å². The van der Waals surface area contributed by atoms with Crippen LogP contribution in [0.5, 0.6) is 17.2 Å². The first-order valence-corrected chi connectivity index (χ1v) is 14.7. The van der Waals surface area contributed by atoms with Gasteiger partial charge in [-0.2, -0.15) is 0 Å². The molecule has 0 fully saturated rings. The van der Waals surface area contributed by atoms with E-state index in [1.165, 1.54) is 0 Å². The Hall–Kier alpha value is -4.24. The summed E-state index contributed by atoms with van der Waals surface area (Å²) in [7, 11) is 1.63. The summed E-state index contributed by atoms with van der Waals surface area (Å²) in [6.07, 6.45) is 0.238. The largest absolute Gasteiger partial charge is 1.00 e. The predicted molar refractivity (Wildman–Crippen MR) is 170 cm³/mol. The average Bonchev–Trinajstić information content (AvgIpc) is 3.58. The minimum atomic E-state index is -0.961. The van der Waals surface area contributed by atoms with Crippen molar-refractivity contribution in [3.8, 4) is 28.7 Å². The molecule has 0 radical (unpaired) electrons. The fraction of sp³-hybridized carbons (Fsp3) is 0.222. The fourth-order valence-electron chi connectivity index (χ4n) is 5.51. The topological polar surface area (TPSA) is 96.0 Å². The average molecular weight is 614 g/mol. The van der Waals surface area contributed by atoms with Crippen LogP contribution >= 0.6 is 0 Å². The number of ether oxygens (including phenoxy) is 3. The van der Waals surface area contributed by atoms with Crippen LogP contribution in [0.2, 0.25) is 0 Å². The molecule has 9 heteroatoms. The van der Waals surface area contributed by atoms with E-state index in [4.69, 9.17) is 18.6 Å². The Balaban J connectivity index is 0.00000400. The summed E-state index contributed by atoms with van der Waals surface area (Å²) in [5, 5.41) is 11.6. The number of aryl methyl sites for hydroxylation is 1. The number of methoxy groups -OCH3 is 1. The van der Waals surface area contributed by atoms with E-state index in [-0.39, 0.29) is 36.2 Å². The minimum Gasteiger partial charge on any atom is -0.493 e. The molecule has 6 rings (SSSR count). The van der Waals surface area contributed by atoms with Gasteiger partial charge in [0.05, 0.1) is 12.6 Å². The molecule has 1 atom stereocenters. The maximum atomic E-state index is 11.9. The van der Waals surface area contributed by atoms with Gasteiger partial charge in [0.15, 0.2) is 17.6 Å². The molecule has 1 N–H and O–H groups in total. The molecule has 4 aromatic carbocycles. The first-order chi connectivity index (χ1) is 21.5. The van der Waals surface area contributed by atoms with Crippen molar-refractivity contribution in [3.63, 3.8) is 0 Å². The molecule has 0 bridgehead atoms. The van der Waals surface area contributed by atoms with Crippen molar-refractivity contribution in [1.29, 1.82) is 0 Å². The Labute approximate surface area is 283 Å². The summed E-state index contributed by atoms with van der Waals surface area (Å²) in [5.41, 5.74) is 4.63. The van der Waals surface area contributed by atoms with Crippen LogP contribution in [0.15, 0.2) is 95.4 Å². The summed E-state index contributed by atoms with van der Waals surface area (Å²) < 4.78 is 26.1. The number of aromatic nitrogens is 2. The summed E-state index contributed by atoms with van der Waals surface area (Å²) in [6, 6.07) is 29.6. The van der Waals surface area contributed by atoms with E-state index in [9.17, 15) is 9.90 Å². The molecule has 6 aromatic rings. The Morgan fingerprint density at radius 3 is 2.44 bits per heavy atom. The Morgan fingerprint density at radius 2 is 1.69 bits per heavy atom. The minimum absolute atomic E-state index is 0. The molecule has 0 aliphatic heterocycles. The molecule has 224 valence electrons. The van der Waals surface area contributed by atoms with Gasteiger partial charge in [0.25, 0.3) is 0 Å². The van der Waals surface area contributed by atoms with E-state index in [1.54, 1.807) is 7.11 Å². The number of carbonyl (C=O) groups is 1. The van der Waals surface area contributed by atoms with Crippen molar-refractivity contribution in [2.45, 2.75) is 45.9 Å². The van der Waals surface area contributed by atoms with Crippen LogP contribution in [0.25, 0.3) is 33.3 Å². The molecule has 0 aliphatic rings. The number of benzene rings is 4. The second-order valence-corrected chi connectivity index (χ2v) is 10.6. The van der Waals surface area contributed by atoms with Crippen LogP contribution in [0.3, 0.4) is 0 Å². The van der Waals surface area contributed by atoms with Gasteiger partial charge < -0.3 is 28.3 Å². The number of nitrogens with zero attached hydrogens (tertiary/aromatic N) is 2. The third-order valence-corrected chi connectivity index (χ3v) is 7.70. The van der Waals surface area contributed by atoms with Crippen molar-refractivity contribution in [1.82, 2.24) is 9.55 Å². The maximum absolute atomic E-state index is 11.9. The van der Waals surface area contributed by atoms with E-state index in [0.29, 0.717) is 48.3 Å². The van der Waals surface area contributed by atoms with Crippen molar-refractivity contribution < 1.29 is 58.1 Å². The zero-order valence-corrected chi connectivity index (χ0v) is 27.9. The molecule has 0 saturated heterocycles. The van der Waals surface area contributed by atoms with E-state index in [0.717, 1.165) is 38.6 Å². The summed E-state index contributed by atoms with van der Waals surface area (Å²) in [4.78, 5) is 16.5. The van der Waals surface area contributed by atoms with Gasteiger partial charge in [0.2, 0.25) is 5.89 Å². The van der Waals surface area contributed by atoms with E-state index in [1.807, 2.05) is 98.8 Å². The van der Waals surface area contributed by atoms with Gasteiger partial charge in [0, 0.05) is 28.4 Å². The van der Waals surface area contributed by atoms with Crippen molar-refractivity contribution >= 4 is 27.8 Å². The number of aliphatic carboxylic acids is 1.